The molecular formula is C108H72N4S4. The molecule has 0 aliphatic carbocycles. The van der Waals surface area contributed by atoms with Gasteiger partial charge in [-0.05, 0) is 178 Å². The zero-order valence-corrected chi connectivity index (χ0v) is 65.8. The van der Waals surface area contributed by atoms with Crippen molar-refractivity contribution in [2.24, 2.45) is 0 Å². The average molecular weight is 1560 g/mol. The summed E-state index contributed by atoms with van der Waals surface area (Å²) in [7, 11) is 0. The van der Waals surface area contributed by atoms with Crippen LogP contribution in [0.5, 0.6) is 0 Å². The van der Waals surface area contributed by atoms with Gasteiger partial charge in [0, 0.05) is 116 Å². The molecule has 548 valence electrons. The summed E-state index contributed by atoms with van der Waals surface area (Å²) in [4.78, 5) is 0. The van der Waals surface area contributed by atoms with E-state index in [1.54, 1.807) is 17.4 Å². The van der Waals surface area contributed by atoms with Gasteiger partial charge in [-0.1, -0.05) is 321 Å². The Labute approximate surface area is 693 Å². The molecular weight excluding hydrogens is 1480 g/mol. The molecule has 0 spiro atoms. The first-order valence-corrected chi connectivity index (χ1v) is 42.0. The minimum atomic E-state index is -0.387. The fourth-order valence-corrected chi connectivity index (χ4v) is 21.3. The Kier molecular flexibility index (Phi) is 17.0. The molecule has 0 saturated carbocycles. The third-order valence-electron chi connectivity index (χ3n) is 21.8. The maximum absolute atomic E-state index is 8.27. The van der Waals surface area contributed by atoms with Crippen LogP contribution in [-0.4, -0.2) is 0 Å². The van der Waals surface area contributed by atoms with E-state index in [4.69, 9.17) is 6.85 Å². The van der Waals surface area contributed by atoms with Crippen LogP contribution >= 0.6 is 45.3 Å². The Bertz CT molecular complexity index is 8160. The zero-order chi connectivity index (χ0) is 81.2. The van der Waals surface area contributed by atoms with Gasteiger partial charge in [-0.15, -0.1) is 45.3 Å². The normalized spacial score (nSPS) is 12.1. The number of hydrogen-bond acceptors (Lipinski definition) is 8. The minimum Gasteiger partial charge on any atom is -0.355 e. The van der Waals surface area contributed by atoms with Crippen LogP contribution in [0.2, 0.25) is 0 Å². The van der Waals surface area contributed by atoms with Crippen molar-refractivity contribution in [3.05, 3.63) is 412 Å². The van der Waals surface area contributed by atoms with Gasteiger partial charge in [0.25, 0.3) is 0 Å². The number of hydrogen-bond donors (Lipinski definition) is 4. The molecule has 4 heterocycles. The van der Waals surface area contributed by atoms with Crippen molar-refractivity contribution >= 4 is 236 Å². The molecule has 0 radical (unpaired) electrons. The lowest BCUT2D eigenvalue weighted by molar-refractivity contribution is 1.56. The summed E-state index contributed by atoms with van der Waals surface area (Å²) < 4.78 is 50.8. The quantitative estimate of drug-likeness (QED) is 0.103. The SMILES string of the molecule is [2H]c1c([2H])c([2H])c(-c2cccc(Nc3ccc4c(c3)sc3c5ccccc5ccc43)c2)c([2H])c1[2H].c1ccc(-c2ccc(Nc3ccc4c(c3)sc3c5ccccc5ccc43)cc2)cc1.c1ccc(Nc2ccc3c(c2)sc2c4ccccc4ccc32)cc1.c1ccc2c(c1)ccc1cc(Nc3cccc4c3sc3c5ccccc5ccc43)ccc12. The molecule has 4 aromatic heterocycles. The van der Waals surface area contributed by atoms with E-state index in [2.05, 4.69) is 349 Å². The van der Waals surface area contributed by atoms with Gasteiger partial charge in [0.05, 0.1) is 17.2 Å². The van der Waals surface area contributed by atoms with Gasteiger partial charge in [-0.3, -0.25) is 0 Å². The molecule has 8 heteroatoms. The molecule has 24 aromatic rings. The Balaban J connectivity index is 0.000000100. The number of anilines is 8. The maximum atomic E-state index is 8.27. The topological polar surface area (TPSA) is 48.1 Å². The number of rotatable bonds is 10. The summed E-state index contributed by atoms with van der Waals surface area (Å²) >= 11 is 7.41. The van der Waals surface area contributed by atoms with Crippen LogP contribution in [0.15, 0.2) is 412 Å². The molecule has 4 nitrogen and oxygen atoms in total. The fraction of sp³-hybridized carbons (Fsp3) is 0. The molecule has 0 saturated heterocycles. The molecule has 0 unspecified atom stereocenters. The summed E-state index contributed by atoms with van der Waals surface area (Å²) in [6.07, 6.45) is 0. The van der Waals surface area contributed by atoms with Crippen molar-refractivity contribution in [3.8, 4) is 22.3 Å². The second-order valence-corrected chi connectivity index (χ2v) is 33.2. The molecule has 0 bridgehead atoms. The van der Waals surface area contributed by atoms with Crippen LogP contribution in [0.25, 0.3) is 168 Å². The van der Waals surface area contributed by atoms with Gasteiger partial charge in [0.15, 0.2) is 0 Å². The second-order valence-electron chi connectivity index (χ2n) is 29.0. The predicted octanol–water partition coefficient (Wildman–Crippen LogP) is 33.4. The summed E-state index contributed by atoms with van der Waals surface area (Å²) in [5.41, 5.74) is 11.7. The van der Waals surface area contributed by atoms with Crippen LogP contribution in [-0.2, 0) is 0 Å². The fourth-order valence-electron chi connectivity index (χ4n) is 16.2. The molecule has 0 aliphatic rings. The van der Waals surface area contributed by atoms with Crippen molar-refractivity contribution in [3.63, 3.8) is 0 Å². The maximum Gasteiger partial charge on any atom is 0.0629 e. The van der Waals surface area contributed by atoms with Crippen LogP contribution in [0.3, 0.4) is 0 Å². The van der Waals surface area contributed by atoms with Crippen molar-refractivity contribution < 1.29 is 6.85 Å². The third kappa shape index (κ3) is 13.7. The summed E-state index contributed by atoms with van der Waals surface area (Å²) in [5.74, 6) is 0. The van der Waals surface area contributed by atoms with Crippen LogP contribution in [0.1, 0.15) is 6.85 Å². The van der Waals surface area contributed by atoms with Gasteiger partial charge in [0.2, 0.25) is 0 Å². The lowest BCUT2D eigenvalue weighted by Crippen LogP contribution is -1.90. The summed E-state index contributed by atoms with van der Waals surface area (Å²) in [6.45, 7) is 0. The zero-order valence-electron chi connectivity index (χ0n) is 67.5. The Morgan fingerprint density at radius 2 is 0.491 bits per heavy atom. The largest absolute Gasteiger partial charge is 0.355 e. The Morgan fingerprint density at radius 1 is 0.172 bits per heavy atom. The average Bonchev–Trinajstić information content (AvgIpc) is 1.50. The number of nitrogens with one attached hydrogen (secondary N) is 4. The molecule has 0 amide bonds. The highest BCUT2D eigenvalue weighted by atomic mass is 32.1. The van der Waals surface area contributed by atoms with Gasteiger partial charge in [-0.25, -0.2) is 0 Å². The molecule has 0 fully saturated rings. The monoisotopic (exact) mass is 1560 g/mol. The van der Waals surface area contributed by atoms with Crippen LogP contribution in [0.4, 0.5) is 45.5 Å². The molecule has 116 heavy (non-hydrogen) atoms. The van der Waals surface area contributed by atoms with Crippen molar-refractivity contribution in [2.75, 3.05) is 21.3 Å². The molecule has 4 N–H and O–H groups in total. The predicted molar refractivity (Wildman–Crippen MR) is 512 cm³/mol. The molecule has 0 atom stereocenters. The molecule has 0 aliphatic heterocycles. The molecule has 24 rings (SSSR count). The Hall–Kier alpha value is -14.0. The van der Waals surface area contributed by atoms with Crippen molar-refractivity contribution in [1.82, 2.24) is 0 Å². The van der Waals surface area contributed by atoms with Crippen molar-refractivity contribution in [2.45, 2.75) is 0 Å². The number of benzene rings is 20. The van der Waals surface area contributed by atoms with E-state index in [1.165, 1.54) is 156 Å². The smallest absolute Gasteiger partial charge is 0.0629 e. The highest BCUT2D eigenvalue weighted by Crippen LogP contribution is 2.46. The Morgan fingerprint density at radius 3 is 1.01 bits per heavy atom. The first-order chi connectivity index (χ1) is 59.5. The lowest BCUT2D eigenvalue weighted by Gasteiger charge is -2.10. The van der Waals surface area contributed by atoms with E-state index in [0.29, 0.717) is 5.56 Å². The molecule has 20 aromatic carbocycles. The van der Waals surface area contributed by atoms with Crippen LogP contribution < -0.4 is 21.3 Å². The lowest BCUT2D eigenvalue weighted by atomic mass is 10.0. The van der Waals surface area contributed by atoms with E-state index in [9.17, 15) is 0 Å². The van der Waals surface area contributed by atoms with E-state index in [1.807, 2.05) is 82.5 Å². The van der Waals surface area contributed by atoms with E-state index in [-0.39, 0.29) is 35.8 Å². The second kappa shape index (κ2) is 30.5. The van der Waals surface area contributed by atoms with Gasteiger partial charge in [0.1, 0.15) is 0 Å². The summed E-state index contributed by atoms with van der Waals surface area (Å²) in [5, 5.41) is 40.1. The number of para-hydroxylation sites is 1. The number of fused-ring (bicyclic) bond motifs is 23. The first kappa shape index (κ1) is 64.5. The third-order valence-corrected chi connectivity index (χ3v) is 26.7. The van der Waals surface area contributed by atoms with Crippen molar-refractivity contribution in [1.29, 1.82) is 0 Å². The van der Waals surface area contributed by atoms with E-state index >= 15 is 0 Å². The van der Waals surface area contributed by atoms with Crippen LogP contribution in [0, 0.1) is 0 Å². The highest BCUT2D eigenvalue weighted by molar-refractivity contribution is 7.28. The minimum absolute atomic E-state index is 0.200. The van der Waals surface area contributed by atoms with E-state index in [0.717, 1.165) is 45.5 Å². The highest BCUT2D eigenvalue weighted by Gasteiger charge is 2.16. The standard InChI is InChI=1S/C30H19NS.2C28H19NS.C22H15NS/c1-3-8-23-19(6-1)12-13-21-18-22(15-17-24(21)23)31-28-11-5-10-26-27-16-14-20-7-2-4-9-25(20)29(27)32-30(26)28;1-2-7-19(8-3-1)21-10-6-11-22(17-21)29-23-14-16-25-26-15-13-20-9-4-5-12-24(20)28(26)30-27(25)18-23;1-2-6-19(7-3-1)20-10-13-22(14-11-20)29-23-15-17-25-26-16-12-21-8-4-5-9-24(21)28(26)30-27(25)18-23;1-2-7-16(8-3-1)23-17-11-13-19-20-12-10-15-6-4-5-9-18(15)22(20)24-21(19)14-17/h1-18,31H;2*1-18,29H;1-14,23H/i;1D,2D,3D,7D,8D;;. The number of thiophene rings is 4. The van der Waals surface area contributed by atoms with Gasteiger partial charge >= 0.3 is 0 Å². The van der Waals surface area contributed by atoms with Gasteiger partial charge in [-0.2, -0.15) is 0 Å². The first-order valence-electron chi connectivity index (χ1n) is 41.2. The van der Waals surface area contributed by atoms with E-state index < -0.39 is 0 Å². The summed E-state index contributed by atoms with van der Waals surface area (Å²) in [6, 6.07) is 133. The van der Waals surface area contributed by atoms with Gasteiger partial charge < -0.3 is 21.3 Å².